The lowest BCUT2D eigenvalue weighted by atomic mass is 10.1. The van der Waals surface area contributed by atoms with Gasteiger partial charge in [0.2, 0.25) is 0 Å². The van der Waals surface area contributed by atoms with E-state index in [0.717, 1.165) is 16.3 Å². The van der Waals surface area contributed by atoms with E-state index in [1.54, 1.807) is 30.3 Å². The number of carbonyl (C=O) groups is 2. The van der Waals surface area contributed by atoms with Crippen LogP contribution in [0.4, 0.5) is 10.1 Å². The predicted octanol–water partition coefficient (Wildman–Crippen LogP) is 3.43. The Labute approximate surface area is 143 Å². The molecule has 4 rings (SSSR count). The second-order valence-corrected chi connectivity index (χ2v) is 5.97. The highest BCUT2D eigenvalue weighted by atomic mass is 19.1. The standard InChI is InChI=1S/C19H14FN3O2/c1-11-9-12(2)23(21-11)17-8-7-13(10-16(17)20)22-18(24)14-5-3-4-6-15(14)19(22)25/h3-10H,1-2H3. The van der Waals surface area contributed by atoms with Crippen molar-refractivity contribution >= 4 is 17.5 Å². The molecule has 2 aromatic carbocycles. The van der Waals surface area contributed by atoms with Crippen molar-refractivity contribution in [3.05, 3.63) is 76.9 Å². The van der Waals surface area contributed by atoms with Crippen molar-refractivity contribution in [3.63, 3.8) is 0 Å². The van der Waals surface area contributed by atoms with Gasteiger partial charge in [-0.1, -0.05) is 12.1 Å². The van der Waals surface area contributed by atoms with Crippen molar-refractivity contribution in [1.29, 1.82) is 0 Å². The van der Waals surface area contributed by atoms with E-state index in [1.165, 1.54) is 16.8 Å². The molecule has 0 saturated heterocycles. The van der Waals surface area contributed by atoms with Crippen molar-refractivity contribution in [3.8, 4) is 5.69 Å². The Bertz CT molecular complexity index is 1000. The molecule has 1 aromatic heterocycles. The number of nitrogens with zero attached hydrogens (tertiary/aromatic N) is 3. The van der Waals surface area contributed by atoms with E-state index in [9.17, 15) is 14.0 Å². The summed E-state index contributed by atoms with van der Waals surface area (Å²) in [7, 11) is 0. The molecule has 2 amide bonds. The summed E-state index contributed by atoms with van der Waals surface area (Å²) in [5.41, 5.74) is 2.71. The van der Waals surface area contributed by atoms with Crippen LogP contribution in [0.3, 0.4) is 0 Å². The largest absolute Gasteiger partial charge is 0.268 e. The number of fused-ring (bicyclic) bond motifs is 1. The average Bonchev–Trinajstić information content (AvgIpc) is 3.05. The fourth-order valence-electron chi connectivity index (χ4n) is 3.10. The lowest BCUT2D eigenvalue weighted by Crippen LogP contribution is -2.29. The molecule has 0 bridgehead atoms. The molecule has 2 heterocycles. The minimum absolute atomic E-state index is 0.203. The summed E-state index contributed by atoms with van der Waals surface area (Å²) in [6, 6.07) is 12.7. The summed E-state index contributed by atoms with van der Waals surface area (Å²) >= 11 is 0. The van der Waals surface area contributed by atoms with Gasteiger partial charge in [0.1, 0.15) is 5.69 Å². The van der Waals surface area contributed by atoms with Gasteiger partial charge in [-0.15, -0.1) is 0 Å². The number of anilines is 1. The highest BCUT2D eigenvalue weighted by Crippen LogP contribution is 2.30. The Morgan fingerprint density at radius 1 is 0.920 bits per heavy atom. The maximum Gasteiger partial charge on any atom is 0.266 e. The first kappa shape index (κ1) is 15.3. The van der Waals surface area contributed by atoms with E-state index >= 15 is 0 Å². The molecule has 3 aromatic rings. The van der Waals surface area contributed by atoms with Gasteiger partial charge in [-0.05, 0) is 44.2 Å². The molecule has 0 spiro atoms. The summed E-state index contributed by atoms with van der Waals surface area (Å²) in [5, 5.41) is 4.26. The molecule has 5 nitrogen and oxygen atoms in total. The topological polar surface area (TPSA) is 55.2 Å². The molecule has 6 heteroatoms. The van der Waals surface area contributed by atoms with E-state index in [0.29, 0.717) is 11.1 Å². The third-order valence-electron chi connectivity index (χ3n) is 4.22. The summed E-state index contributed by atoms with van der Waals surface area (Å²) in [6.45, 7) is 3.66. The zero-order chi connectivity index (χ0) is 17.7. The maximum absolute atomic E-state index is 14.7. The van der Waals surface area contributed by atoms with Crippen LogP contribution < -0.4 is 4.90 Å². The third kappa shape index (κ3) is 2.26. The number of carbonyl (C=O) groups excluding carboxylic acids is 2. The minimum Gasteiger partial charge on any atom is -0.268 e. The highest BCUT2D eigenvalue weighted by molar-refractivity contribution is 6.34. The Hall–Kier alpha value is -3.28. The van der Waals surface area contributed by atoms with E-state index in [1.807, 2.05) is 19.9 Å². The van der Waals surface area contributed by atoms with Crippen LogP contribution in [0.5, 0.6) is 0 Å². The number of halogens is 1. The van der Waals surface area contributed by atoms with E-state index in [4.69, 9.17) is 0 Å². The van der Waals surface area contributed by atoms with Crippen LogP contribution in [0.2, 0.25) is 0 Å². The van der Waals surface area contributed by atoms with Crippen LogP contribution in [-0.4, -0.2) is 21.6 Å². The molecule has 0 radical (unpaired) electrons. The van der Waals surface area contributed by atoms with Gasteiger partial charge in [-0.2, -0.15) is 5.10 Å². The fraction of sp³-hybridized carbons (Fsp3) is 0.105. The van der Waals surface area contributed by atoms with Crippen LogP contribution in [0.15, 0.2) is 48.5 Å². The molecular weight excluding hydrogens is 321 g/mol. The lowest BCUT2D eigenvalue weighted by molar-refractivity contribution is 0.0926. The Kier molecular flexibility index (Phi) is 3.28. The number of amides is 2. The molecule has 0 N–H and O–H groups in total. The highest BCUT2D eigenvalue weighted by Gasteiger charge is 2.36. The Morgan fingerprint density at radius 3 is 2.08 bits per heavy atom. The van der Waals surface area contributed by atoms with Crippen molar-refractivity contribution in [1.82, 2.24) is 9.78 Å². The van der Waals surface area contributed by atoms with Crippen LogP contribution in [0, 0.1) is 19.7 Å². The molecule has 0 atom stereocenters. The van der Waals surface area contributed by atoms with Gasteiger partial charge in [0.05, 0.1) is 22.5 Å². The minimum atomic E-state index is -0.555. The van der Waals surface area contributed by atoms with Gasteiger partial charge < -0.3 is 0 Å². The molecule has 0 unspecified atom stereocenters. The van der Waals surface area contributed by atoms with Gasteiger partial charge in [-0.3, -0.25) is 9.59 Å². The van der Waals surface area contributed by atoms with E-state index in [2.05, 4.69) is 5.10 Å². The molecule has 0 fully saturated rings. The summed E-state index contributed by atoms with van der Waals surface area (Å²) in [6.07, 6.45) is 0. The number of aromatic nitrogens is 2. The molecule has 25 heavy (non-hydrogen) atoms. The fourth-order valence-corrected chi connectivity index (χ4v) is 3.10. The lowest BCUT2D eigenvalue weighted by Gasteiger charge is -2.15. The predicted molar refractivity (Wildman–Crippen MR) is 90.6 cm³/mol. The summed E-state index contributed by atoms with van der Waals surface area (Å²) in [5.74, 6) is -1.45. The average molecular weight is 335 g/mol. The molecule has 1 aliphatic rings. The maximum atomic E-state index is 14.7. The summed E-state index contributed by atoms with van der Waals surface area (Å²) < 4.78 is 16.1. The van der Waals surface area contributed by atoms with Gasteiger partial charge in [-0.25, -0.2) is 14.0 Å². The zero-order valence-electron chi connectivity index (χ0n) is 13.7. The van der Waals surface area contributed by atoms with Crippen molar-refractivity contribution in [2.75, 3.05) is 4.90 Å². The first-order valence-electron chi connectivity index (χ1n) is 7.78. The van der Waals surface area contributed by atoms with E-state index < -0.39 is 17.6 Å². The second-order valence-electron chi connectivity index (χ2n) is 5.97. The normalized spacial score (nSPS) is 13.5. The monoisotopic (exact) mass is 335 g/mol. The number of hydrogen-bond donors (Lipinski definition) is 0. The number of rotatable bonds is 2. The number of imide groups is 1. The summed E-state index contributed by atoms with van der Waals surface area (Å²) in [4.78, 5) is 26.0. The van der Waals surface area contributed by atoms with Gasteiger partial charge >= 0.3 is 0 Å². The first-order chi connectivity index (χ1) is 12.0. The van der Waals surface area contributed by atoms with E-state index in [-0.39, 0.29) is 11.4 Å². The van der Waals surface area contributed by atoms with Gasteiger partial charge in [0.25, 0.3) is 11.8 Å². The van der Waals surface area contributed by atoms with Gasteiger partial charge in [0, 0.05) is 11.8 Å². The third-order valence-corrected chi connectivity index (χ3v) is 4.22. The van der Waals surface area contributed by atoms with Crippen LogP contribution in [0.25, 0.3) is 5.69 Å². The van der Waals surface area contributed by atoms with Gasteiger partial charge in [0.15, 0.2) is 5.82 Å². The van der Waals surface area contributed by atoms with Crippen LogP contribution in [-0.2, 0) is 0 Å². The number of hydrogen-bond acceptors (Lipinski definition) is 3. The van der Waals surface area contributed by atoms with Crippen LogP contribution in [0.1, 0.15) is 32.1 Å². The van der Waals surface area contributed by atoms with Crippen molar-refractivity contribution in [2.24, 2.45) is 0 Å². The SMILES string of the molecule is Cc1cc(C)n(-c2ccc(N3C(=O)c4ccccc4C3=O)cc2F)n1. The first-order valence-corrected chi connectivity index (χ1v) is 7.78. The second kappa shape index (κ2) is 5.37. The Balaban J connectivity index is 1.76. The quantitative estimate of drug-likeness (QED) is 0.674. The number of aryl methyl sites for hydroxylation is 2. The molecule has 0 saturated carbocycles. The molecular formula is C19H14FN3O2. The number of benzene rings is 2. The van der Waals surface area contributed by atoms with Crippen molar-refractivity contribution < 1.29 is 14.0 Å². The van der Waals surface area contributed by atoms with Crippen molar-refractivity contribution in [2.45, 2.75) is 13.8 Å². The molecule has 124 valence electrons. The molecule has 1 aliphatic heterocycles. The van der Waals surface area contributed by atoms with Crippen LogP contribution >= 0.6 is 0 Å². The molecule has 0 aliphatic carbocycles. The zero-order valence-corrected chi connectivity index (χ0v) is 13.7. The Morgan fingerprint density at radius 2 is 1.56 bits per heavy atom. The smallest absolute Gasteiger partial charge is 0.266 e.